The Kier molecular flexibility index (Phi) is 4.46. The molecule has 0 bridgehead atoms. The number of aryl methyl sites for hydroxylation is 1. The third-order valence-electron chi connectivity index (χ3n) is 3.76. The summed E-state index contributed by atoms with van der Waals surface area (Å²) in [6.07, 6.45) is 0. The van der Waals surface area contributed by atoms with Gasteiger partial charge in [0.1, 0.15) is 0 Å². The SMILES string of the molecule is Cc1ccc(N(c2ccccc2)c2ccc(B(O)O)cc2)cc1. The van der Waals surface area contributed by atoms with Gasteiger partial charge in [-0.25, -0.2) is 0 Å². The average molecular weight is 303 g/mol. The molecule has 0 unspecified atom stereocenters. The standard InChI is InChI=1S/C19H18BNO2/c1-15-7-11-18(12-8-15)21(17-5-3-2-4-6-17)19-13-9-16(10-14-19)20(22)23/h2-14,22-23H,1H3. The van der Waals surface area contributed by atoms with Gasteiger partial charge in [0, 0.05) is 17.1 Å². The van der Waals surface area contributed by atoms with E-state index in [1.165, 1.54) is 5.56 Å². The lowest BCUT2D eigenvalue weighted by atomic mass is 9.80. The lowest BCUT2D eigenvalue weighted by Gasteiger charge is -2.25. The fraction of sp³-hybridized carbons (Fsp3) is 0.0526. The van der Waals surface area contributed by atoms with E-state index in [9.17, 15) is 10.0 Å². The summed E-state index contributed by atoms with van der Waals surface area (Å²) >= 11 is 0. The summed E-state index contributed by atoms with van der Waals surface area (Å²) in [5, 5.41) is 18.5. The number of benzene rings is 3. The molecule has 0 amide bonds. The third-order valence-corrected chi connectivity index (χ3v) is 3.76. The molecule has 3 aromatic carbocycles. The maximum absolute atomic E-state index is 9.26. The highest BCUT2D eigenvalue weighted by Crippen LogP contribution is 2.33. The Morgan fingerprint density at radius 2 is 1.13 bits per heavy atom. The maximum Gasteiger partial charge on any atom is 0.488 e. The number of rotatable bonds is 4. The van der Waals surface area contributed by atoms with Gasteiger partial charge in [-0.3, -0.25) is 0 Å². The molecule has 0 aliphatic carbocycles. The van der Waals surface area contributed by atoms with Gasteiger partial charge < -0.3 is 14.9 Å². The second kappa shape index (κ2) is 6.69. The minimum Gasteiger partial charge on any atom is -0.423 e. The predicted octanol–water partition coefficient (Wildman–Crippen LogP) is 3.14. The molecule has 4 heteroatoms. The van der Waals surface area contributed by atoms with Gasteiger partial charge >= 0.3 is 7.12 Å². The van der Waals surface area contributed by atoms with Crippen LogP contribution in [-0.2, 0) is 0 Å². The molecule has 3 rings (SSSR count). The molecule has 114 valence electrons. The van der Waals surface area contributed by atoms with E-state index in [1.54, 1.807) is 12.1 Å². The first kappa shape index (κ1) is 15.3. The highest BCUT2D eigenvalue weighted by molar-refractivity contribution is 6.58. The molecular formula is C19H18BNO2. The maximum atomic E-state index is 9.26. The van der Waals surface area contributed by atoms with Crippen molar-refractivity contribution < 1.29 is 10.0 Å². The van der Waals surface area contributed by atoms with Gasteiger partial charge in [-0.05, 0) is 48.8 Å². The molecule has 0 aliphatic heterocycles. The van der Waals surface area contributed by atoms with Crippen LogP contribution in [0.15, 0.2) is 78.9 Å². The fourth-order valence-corrected chi connectivity index (χ4v) is 2.51. The van der Waals surface area contributed by atoms with E-state index in [0.717, 1.165) is 17.1 Å². The van der Waals surface area contributed by atoms with Crippen LogP contribution in [0.4, 0.5) is 17.1 Å². The van der Waals surface area contributed by atoms with Crippen molar-refractivity contribution >= 4 is 29.6 Å². The second-order valence-corrected chi connectivity index (χ2v) is 5.47. The average Bonchev–Trinajstić information content (AvgIpc) is 2.58. The zero-order valence-corrected chi connectivity index (χ0v) is 12.9. The summed E-state index contributed by atoms with van der Waals surface area (Å²) in [6, 6.07) is 25.6. The van der Waals surface area contributed by atoms with Crippen LogP contribution in [0.2, 0.25) is 0 Å². The molecule has 0 saturated carbocycles. The van der Waals surface area contributed by atoms with E-state index >= 15 is 0 Å². The van der Waals surface area contributed by atoms with Crippen LogP contribution in [0, 0.1) is 6.92 Å². The lowest BCUT2D eigenvalue weighted by molar-refractivity contribution is 0.426. The molecule has 0 atom stereocenters. The molecule has 0 radical (unpaired) electrons. The first-order valence-corrected chi connectivity index (χ1v) is 7.53. The van der Waals surface area contributed by atoms with Gasteiger partial charge in [-0.2, -0.15) is 0 Å². The number of nitrogens with zero attached hydrogens (tertiary/aromatic N) is 1. The van der Waals surface area contributed by atoms with Crippen LogP contribution in [0.5, 0.6) is 0 Å². The van der Waals surface area contributed by atoms with Gasteiger partial charge in [0.05, 0.1) is 0 Å². The van der Waals surface area contributed by atoms with E-state index in [1.807, 2.05) is 30.3 Å². The van der Waals surface area contributed by atoms with E-state index < -0.39 is 7.12 Å². The first-order valence-electron chi connectivity index (χ1n) is 7.53. The van der Waals surface area contributed by atoms with Crippen LogP contribution >= 0.6 is 0 Å². The summed E-state index contributed by atoms with van der Waals surface area (Å²) < 4.78 is 0. The Labute approximate surface area is 136 Å². The van der Waals surface area contributed by atoms with Crippen molar-refractivity contribution in [1.82, 2.24) is 0 Å². The van der Waals surface area contributed by atoms with Crippen molar-refractivity contribution in [3.63, 3.8) is 0 Å². The topological polar surface area (TPSA) is 43.7 Å². The summed E-state index contributed by atoms with van der Waals surface area (Å²) in [5.74, 6) is 0. The smallest absolute Gasteiger partial charge is 0.423 e. The Morgan fingerprint density at radius 3 is 1.65 bits per heavy atom. The van der Waals surface area contributed by atoms with Crippen molar-refractivity contribution in [2.75, 3.05) is 4.90 Å². The van der Waals surface area contributed by atoms with E-state index in [4.69, 9.17) is 0 Å². The van der Waals surface area contributed by atoms with Gasteiger partial charge in [0.25, 0.3) is 0 Å². The molecule has 0 aromatic heterocycles. The molecule has 0 aliphatic rings. The van der Waals surface area contributed by atoms with Crippen LogP contribution in [0.25, 0.3) is 0 Å². The second-order valence-electron chi connectivity index (χ2n) is 5.47. The highest BCUT2D eigenvalue weighted by Gasteiger charge is 2.14. The van der Waals surface area contributed by atoms with E-state index in [2.05, 4.69) is 48.2 Å². The minimum absolute atomic E-state index is 0.477. The molecule has 3 nitrogen and oxygen atoms in total. The Hall–Kier alpha value is -2.56. The monoisotopic (exact) mass is 303 g/mol. The summed E-state index contributed by atoms with van der Waals surface area (Å²) in [7, 11) is -1.45. The Morgan fingerprint density at radius 1 is 0.652 bits per heavy atom. The van der Waals surface area contributed by atoms with Gasteiger partial charge in [-0.15, -0.1) is 0 Å². The van der Waals surface area contributed by atoms with Gasteiger partial charge in [-0.1, -0.05) is 48.0 Å². The van der Waals surface area contributed by atoms with Gasteiger partial charge in [0.2, 0.25) is 0 Å². The van der Waals surface area contributed by atoms with Crippen LogP contribution in [0.1, 0.15) is 5.56 Å². The molecule has 2 N–H and O–H groups in total. The van der Waals surface area contributed by atoms with Gasteiger partial charge in [0.15, 0.2) is 0 Å². The zero-order valence-electron chi connectivity index (χ0n) is 12.9. The lowest BCUT2D eigenvalue weighted by Crippen LogP contribution is -2.29. The summed E-state index contributed by atoms with van der Waals surface area (Å²) in [6.45, 7) is 2.06. The molecule has 0 saturated heterocycles. The van der Waals surface area contributed by atoms with Crippen molar-refractivity contribution in [3.8, 4) is 0 Å². The van der Waals surface area contributed by atoms with Crippen LogP contribution in [-0.4, -0.2) is 17.2 Å². The molecule has 23 heavy (non-hydrogen) atoms. The minimum atomic E-state index is -1.45. The third kappa shape index (κ3) is 3.45. The number of hydrogen-bond acceptors (Lipinski definition) is 3. The number of anilines is 3. The molecule has 3 aromatic rings. The van der Waals surface area contributed by atoms with Crippen LogP contribution < -0.4 is 10.4 Å². The van der Waals surface area contributed by atoms with Crippen molar-refractivity contribution in [3.05, 3.63) is 84.4 Å². The quantitative estimate of drug-likeness (QED) is 0.728. The molecule has 0 fully saturated rings. The number of hydrogen-bond donors (Lipinski definition) is 2. The molecule has 0 heterocycles. The summed E-state index contributed by atoms with van der Waals surface area (Å²) in [4.78, 5) is 2.13. The largest absolute Gasteiger partial charge is 0.488 e. The van der Waals surface area contributed by atoms with E-state index in [0.29, 0.717) is 5.46 Å². The summed E-state index contributed by atoms with van der Waals surface area (Å²) in [5.41, 5.74) is 4.75. The highest BCUT2D eigenvalue weighted by atomic mass is 16.4. The predicted molar refractivity (Wildman–Crippen MR) is 95.7 cm³/mol. The Balaban J connectivity index is 2.06. The fourth-order valence-electron chi connectivity index (χ4n) is 2.51. The van der Waals surface area contributed by atoms with Crippen molar-refractivity contribution in [2.24, 2.45) is 0 Å². The van der Waals surface area contributed by atoms with E-state index in [-0.39, 0.29) is 0 Å². The van der Waals surface area contributed by atoms with Crippen molar-refractivity contribution in [1.29, 1.82) is 0 Å². The van der Waals surface area contributed by atoms with Crippen LogP contribution in [0.3, 0.4) is 0 Å². The zero-order chi connectivity index (χ0) is 16.2. The normalized spacial score (nSPS) is 10.4. The first-order chi connectivity index (χ1) is 11.1. The van der Waals surface area contributed by atoms with Crippen molar-refractivity contribution in [2.45, 2.75) is 6.92 Å². The Bertz CT molecular complexity index is 756. The molecular weight excluding hydrogens is 285 g/mol. The number of para-hydroxylation sites is 1. The molecule has 0 spiro atoms.